The maximum absolute atomic E-state index is 4.52. The Hall–Kier alpha value is -1.35. The van der Waals surface area contributed by atoms with Crippen LogP contribution in [0.5, 0.6) is 0 Å². The van der Waals surface area contributed by atoms with Crippen molar-refractivity contribution in [1.29, 1.82) is 0 Å². The predicted molar refractivity (Wildman–Crippen MR) is 59.9 cm³/mol. The Labute approximate surface area is 89.1 Å². The second-order valence-corrected chi connectivity index (χ2v) is 4.27. The molecule has 0 radical (unpaired) electrons. The average molecular weight is 201 g/mol. The van der Waals surface area contributed by atoms with Crippen LogP contribution in [0.2, 0.25) is 0 Å². The summed E-state index contributed by atoms with van der Waals surface area (Å²) in [7, 11) is 0. The molecule has 3 heteroatoms. The lowest BCUT2D eigenvalue weighted by atomic mass is 10.2. The van der Waals surface area contributed by atoms with E-state index in [2.05, 4.69) is 40.0 Å². The minimum atomic E-state index is 0.439. The van der Waals surface area contributed by atoms with E-state index in [4.69, 9.17) is 0 Å². The highest BCUT2D eigenvalue weighted by molar-refractivity contribution is 5.47. The monoisotopic (exact) mass is 201 g/mol. The SMILES string of the molecule is Cc1ccc2cnc(C3CCCN3)n2c1. The van der Waals surface area contributed by atoms with Gasteiger partial charge in [0.05, 0.1) is 17.8 Å². The summed E-state index contributed by atoms with van der Waals surface area (Å²) >= 11 is 0. The Morgan fingerprint density at radius 1 is 1.47 bits per heavy atom. The standard InChI is InChI=1S/C12H15N3/c1-9-4-5-10-7-14-12(15(10)8-9)11-3-2-6-13-11/h4-5,7-8,11,13H,2-3,6H2,1H3. The predicted octanol–water partition coefficient (Wildman–Crippen LogP) is 2.07. The first-order valence-electron chi connectivity index (χ1n) is 5.51. The molecule has 0 amide bonds. The summed E-state index contributed by atoms with van der Waals surface area (Å²) in [6, 6.07) is 4.69. The van der Waals surface area contributed by atoms with E-state index in [0.717, 1.165) is 12.4 Å². The molecule has 0 spiro atoms. The number of hydrogen-bond donors (Lipinski definition) is 1. The Morgan fingerprint density at radius 3 is 3.20 bits per heavy atom. The highest BCUT2D eigenvalue weighted by Crippen LogP contribution is 2.23. The molecule has 3 heterocycles. The van der Waals surface area contributed by atoms with Crippen molar-refractivity contribution in [2.75, 3.05) is 6.54 Å². The van der Waals surface area contributed by atoms with Crippen molar-refractivity contribution in [3.8, 4) is 0 Å². The largest absolute Gasteiger partial charge is 0.307 e. The van der Waals surface area contributed by atoms with Gasteiger partial charge >= 0.3 is 0 Å². The molecule has 78 valence electrons. The van der Waals surface area contributed by atoms with Crippen LogP contribution in [0.3, 0.4) is 0 Å². The maximum atomic E-state index is 4.52. The molecule has 1 unspecified atom stereocenters. The number of pyridine rings is 1. The van der Waals surface area contributed by atoms with Crippen LogP contribution in [0.4, 0.5) is 0 Å². The number of hydrogen-bond acceptors (Lipinski definition) is 2. The molecule has 0 bridgehead atoms. The highest BCUT2D eigenvalue weighted by Gasteiger charge is 2.20. The average Bonchev–Trinajstić information content (AvgIpc) is 2.83. The quantitative estimate of drug-likeness (QED) is 0.765. The molecule has 0 saturated carbocycles. The second-order valence-electron chi connectivity index (χ2n) is 4.27. The number of imidazole rings is 1. The Morgan fingerprint density at radius 2 is 2.40 bits per heavy atom. The minimum absolute atomic E-state index is 0.439. The van der Waals surface area contributed by atoms with Gasteiger partial charge in [-0.3, -0.25) is 0 Å². The van der Waals surface area contributed by atoms with Gasteiger partial charge in [-0.15, -0.1) is 0 Å². The molecule has 1 aliphatic rings. The molecule has 2 aromatic rings. The molecule has 1 atom stereocenters. The first kappa shape index (κ1) is 8.92. The smallest absolute Gasteiger partial charge is 0.130 e. The number of aromatic nitrogens is 2. The normalized spacial score (nSPS) is 21.3. The Balaban J connectivity index is 2.13. The van der Waals surface area contributed by atoms with Crippen LogP contribution in [0.1, 0.15) is 30.3 Å². The molecule has 3 rings (SSSR count). The van der Waals surface area contributed by atoms with Crippen molar-refractivity contribution >= 4 is 5.52 Å². The first-order valence-corrected chi connectivity index (χ1v) is 5.51. The van der Waals surface area contributed by atoms with Crippen molar-refractivity contribution < 1.29 is 0 Å². The van der Waals surface area contributed by atoms with Gasteiger partial charge in [0.2, 0.25) is 0 Å². The zero-order chi connectivity index (χ0) is 10.3. The minimum Gasteiger partial charge on any atom is -0.307 e. The van der Waals surface area contributed by atoms with Crippen LogP contribution in [-0.2, 0) is 0 Å². The summed E-state index contributed by atoms with van der Waals surface area (Å²) < 4.78 is 2.21. The zero-order valence-electron chi connectivity index (χ0n) is 8.90. The summed E-state index contributed by atoms with van der Waals surface area (Å²) in [5.41, 5.74) is 2.46. The molecule has 0 aliphatic carbocycles. The number of rotatable bonds is 1. The summed E-state index contributed by atoms with van der Waals surface area (Å²) in [5.74, 6) is 1.16. The van der Waals surface area contributed by atoms with E-state index in [1.165, 1.54) is 23.9 Å². The van der Waals surface area contributed by atoms with Crippen LogP contribution >= 0.6 is 0 Å². The molecular formula is C12H15N3. The lowest BCUT2D eigenvalue weighted by molar-refractivity contribution is 0.602. The van der Waals surface area contributed by atoms with E-state index in [-0.39, 0.29) is 0 Å². The fourth-order valence-corrected chi connectivity index (χ4v) is 2.28. The van der Waals surface area contributed by atoms with Crippen LogP contribution < -0.4 is 5.32 Å². The number of aryl methyl sites for hydroxylation is 1. The fourth-order valence-electron chi connectivity index (χ4n) is 2.28. The highest BCUT2D eigenvalue weighted by atomic mass is 15.1. The first-order chi connectivity index (χ1) is 7.34. The molecule has 15 heavy (non-hydrogen) atoms. The van der Waals surface area contributed by atoms with Crippen molar-refractivity contribution in [2.24, 2.45) is 0 Å². The Kier molecular flexibility index (Phi) is 1.99. The second kappa shape index (κ2) is 3.35. The molecule has 0 aromatic carbocycles. The topological polar surface area (TPSA) is 29.3 Å². The number of fused-ring (bicyclic) bond motifs is 1. The Bertz CT molecular complexity index is 481. The molecule has 1 fully saturated rings. The molecule has 1 saturated heterocycles. The zero-order valence-corrected chi connectivity index (χ0v) is 8.90. The van der Waals surface area contributed by atoms with Gasteiger partial charge in [-0.25, -0.2) is 4.98 Å². The van der Waals surface area contributed by atoms with Gasteiger partial charge < -0.3 is 9.72 Å². The lowest BCUT2D eigenvalue weighted by Crippen LogP contribution is -2.15. The summed E-state index contributed by atoms with van der Waals surface area (Å²) in [6.45, 7) is 3.23. The van der Waals surface area contributed by atoms with E-state index >= 15 is 0 Å². The molecule has 1 aliphatic heterocycles. The summed E-state index contributed by atoms with van der Waals surface area (Å²) in [4.78, 5) is 4.52. The van der Waals surface area contributed by atoms with Gasteiger partial charge in [0, 0.05) is 6.20 Å². The lowest BCUT2D eigenvalue weighted by Gasteiger charge is -2.09. The van der Waals surface area contributed by atoms with Crippen molar-refractivity contribution in [1.82, 2.24) is 14.7 Å². The van der Waals surface area contributed by atoms with Gasteiger partial charge in [0.25, 0.3) is 0 Å². The van der Waals surface area contributed by atoms with E-state index in [0.29, 0.717) is 6.04 Å². The van der Waals surface area contributed by atoms with Crippen LogP contribution in [-0.4, -0.2) is 15.9 Å². The number of nitrogens with one attached hydrogen (secondary N) is 1. The van der Waals surface area contributed by atoms with E-state index < -0.39 is 0 Å². The van der Waals surface area contributed by atoms with Crippen molar-refractivity contribution in [3.05, 3.63) is 35.9 Å². The van der Waals surface area contributed by atoms with Crippen LogP contribution in [0.25, 0.3) is 5.52 Å². The van der Waals surface area contributed by atoms with E-state index in [1.54, 1.807) is 0 Å². The van der Waals surface area contributed by atoms with E-state index in [1.807, 2.05) is 6.20 Å². The van der Waals surface area contributed by atoms with Crippen LogP contribution in [0.15, 0.2) is 24.5 Å². The molecule has 1 N–H and O–H groups in total. The van der Waals surface area contributed by atoms with Gasteiger partial charge in [-0.1, -0.05) is 6.07 Å². The maximum Gasteiger partial charge on any atom is 0.130 e. The third-order valence-electron chi connectivity index (χ3n) is 3.08. The molecule has 2 aromatic heterocycles. The van der Waals surface area contributed by atoms with Gasteiger partial charge in [0.15, 0.2) is 0 Å². The van der Waals surface area contributed by atoms with Crippen molar-refractivity contribution in [2.45, 2.75) is 25.8 Å². The van der Waals surface area contributed by atoms with Gasteiger partial charge in [-0.05, 0) is 37.9 Å². The fraction of sp³-hybridized carbons (Fsp3) is 0.417. The number of nitrogens with zero attached hydrogens (tertiary/aromatic N) is 2. The summed E-state index contributed by atoms with van der Waals surface area (Å²) in [6.07, 6.45) is 6.57. The van der Waals surface area contributed by atoms with Gasteiger partial charge in [0.1, 0.15) is 5.82 Å². The molecule has 3 nitrogen and oxygen atoms in total. The van der Waals surface area contributed by atoms with Crippen molar-refractivity contribution in [3.63, 3.8) is 0 Å². The van der Waals surface area contributed by atoms with E-state index in [9.17, 15) is 0 Å². The van der Waals surface area contributed by atoms with Crippen LogP contribution in [0, 0.1) is 6.92 Å². The van der Waals surface area contributed by atoms with Gasteiger partial charge in [-0.2, -0.15) is 0 Å². The molecular weight excluding hydrogens is 186 g/mol. The third-order valence-corrected chi connectivity index (χ3v) is 3.08. The third kappa shape index (κ3) is 1.43. The summed E-state index contributed by atoms with van der Waals surface area (Å²) in [5, 5.41) is 3.49.